The first-order chi connectivity index (χ1) is 4.33. The molecule has 0 aromatic heterocycles. The fraction of sp³-hybridized carbons (Fsp3) is 0.857. The van der Waals surface area contributed by atoms with Gasteiger partial charge in [-0.05, 0) is 17.5 Å². The topological polar surface area (TPSA) is 3.01 Å². The van der Waals surface area contributed by atoms with Crippen LogP contribution in [0.1, 0.15) is 19.8 Å². The van der Waals surface area contributed by atoms with Crippen molar-refractivity contribution < 1.29 is 4.58 Å². The second-order valence-electron chi connectivity index (χ2n) is 2.82. The minimum absolute atomic E-state index is 0.901. The summed E-state index contributed by atoms with van der Waals surface area (Å²) >= 11 is 5.53. The van der Waals surface area contributed by atoms with E-state index in [2.05, 4.69) is 11.5 Å². The molecule has 0 atom stereocenters. The fourth-order valence-electron chi connectivity index (χ4n) is 1.13. The maximum absolute atomic E-state index is 5.53. The van der Waals surface area contributed by atoms with Crippen LogP contribution in [0, 0.1) is 5.92 Å². The van der Waals surface area contributed by atoms with Crippen LogP contribution in [0.2, 0.25) is 0 Å². The van der Waals surface area contributed by atoms with Crippen molar-refractivity contribution in [2.45, 2.75) is 19.8 Å². The lowest BCUT2D eigenvalue weighted by Crippen LogP contribution is -2.24. The third kappa shape index (κ3) is 1.98. The van der Waals surface area contributed by atoms with Crippen LogP contribution < -0.4 is 0 Å². The zero-order chi connectivity index (χ0) is 6.69. The number of nitrogens with zero attached hydrogens (tertiary/aromatic N) is 1. The molecular weight excluding hydrogens is 134 g/mol. The molecule has 0 bridgehead atoms. The van der Waals surface area contributed by atoms with Crippen LogP contribution in [0.25, 0.3) is 0 Å². The van der Waals surface area contributed by atoms with Crippen LogP contribution in [0.15, 0.2) is 0 Å². The van der Waals surface area contributed by atoms with Gasteiger partial charge in [-0.1, -0.05) is 6.92 Å². The van der Waals surface area contributed by atoms with Crippen molar-refractivity contribution in [2.24, 2.45) is 5.92 Å². The summed E-state index contributed by atoms with van der Waals surface area (Å²) in [4.78, 5) is 0. The van der Waals surface area contributed by atoms with Crippen LogP contribution >= 0.6 is 11.6 Å². The van der Waals surface area contributed by atoms with E-state index in [0.29, 0.717) is 0 Å². The molecule has 1 fully saturated rings. The molecule has 0 aromatic rings. The molecule has 1 aliphatic rings. The maximum Gasteiger partial charge on any atom is 0.232 e. The van der Waals surface area contributed by atoms with Crippen molar-refractivity contribution >= 4 is 17.3 Å². The summed E-state index contributed by atoms with van der Waals surface area (Å²) in [6.07, 6.45) is 2.59. The first-order valence-corrected chi connectivity index (χ1v) is 3.94. The molecule has 52 valence electrons. The Labute approximate surface area is 61.3 Å². The Hall–Kier alpha value is -0.0400. The number of rotatable bonds is 0. The molecule has 0 unspecified atom stereocenters. The van der Waals surface area contributed by atoms with E-state index in [1.807, 2.05) is 0 Å². The van der Waals surface area contributed by atoms with E-state index in [4.69, 9.17) is 11.6 Å². The Morgan fingerprint density at radius 3 is 2.44 bits per heavy atom. The Kier molecular flexibility index (Phi) is 2.52. The quantitative estimate of drug-likeness (QED) is 0.458. The van der Waals surface area contributed by atoms with Crippen LogP contribution in [0.5, 0.6) is 0 Å². The minimum atomic E-state index is 0.901. The van der Waals surface area contributed by atoms with Crippen LogP contribution in [0.3, 0.4) is 0 Å². The monoisotopic (exact) mass is 146 g/mol. The Morgan fingerprint density at radius 1 is 1.44 bits per heavy atom. The Bertz CT molecular complexity index is 110. The lowest BCUT2D eigenvalue weighted by atomic mass is 10.0. The molecule has 1 saturated heterocycles. The standard InChI is InChI=1S/C7H13ClN/c1-7-2-4-9(6-8)5-3-7/h6-7H,2-5H2,1H3/q+1. The zero-order valence-corrected chi connectivity index (χ0v) is 6.56. The van der Waals surface area contributed by atoms with Gasteiger partial charge in [0.25, 0.3) is 0 Å². The van der Waals surface area contributed by atoms with E-state index >= 15 is 0 Å². The zero-order valence-electron chi connectivity index (χ0n) is 5.81. The largest absolute Gasteiger partial charge is 0.232 e. The highest BCUT2D eigenvalue weighted by atomic mass is 35.5. The van der Waals surface area contributed by atoms with Gasteiger partial charge in [-0.2, -0.15) is 0 Å². The number of piperidine rings is 1. The molecule has 1 rings (SSSR count). The first-order valence-electron chi connectivity index (χ1n) is 3.50. The molecule has 0 aliphatic carbocycles. The van der Waals surface area contributed by atoms with Gasteiger partial charge in [0.1, 0.15) is 13.1 Å². The van der Waals surface area contributed by atoms with Gasteiger partial charge in [0.05, 0.1) is 0 Å². The maximum atomic E-state index is 5.53. The van der Waals surface area contributed by atoms with E-state index in [0.717, 1.165) is 19.0 Å². The fourth-order valence-corrected chi connectivity index (χ4v) is 1.32. The SMILES string of the molecule is CC1CC[N+](=CCl)CC1. The molecule has 0 N–H and O–H groups in total. The minimum Gasteiger partial charge on any atom is -0.226 e. The summed E-state index contributed by atoms with van der Waals surface area (Å²) in [5.41, 5.74) is 1.67. The summed E-state index contributed by atoms with van der Waals surface area (Å²) in [7, 11) is 0. The smallest absolute Gasteiger partial charge is 0.226 e. The molecule has 0 aromatic carbocycles. The third-order valence-corrected chi connectivity index (χ3v) is 2.23. The van der Waals surface area contributed by atoms with Gasteiger partial charge in [-0.3, -0.25) is 0 Å². The highest BCUT2D eigenvalue weighted by molar-refractivity contribution is 6.54. The second kappa shape index (κ2) is 3.21. The van der Waals surface area contributed by atoms with E-state index in [1.165, 1.54) is 12.8 Å². The molecule has 1 aliphatic heterocycles. The lowest BCUT2D eigenvalue weighted by molar-refractivity contribution is -0.534. The van der Waals surface area contributed by atoms with Gasteiger partial charge in [0.15, 0.2) is 0 Å². The van der Waals surface area contributed by atoms with Gasteiger partial charge < -0.3 is 0 Å². The summed E-state index contributed by atoms with van der Waals surface area (Å²) in [5, 5.41) is 0. The van der Waals surface area contributed by atoms with Gasteiger partial charge in [0, 0.05) is 12.8 Å². The number of halogens is 1. The Morgan fingerprint density at radius 2 is 2.00 bits per heavy atom. The molecule has 1 heterocycles. The van der Waals surface area contributed by atoms with E-state index in [9.17, 15) is 0 Å². The van der Waals surface area contributed by atoms with E-state index in [1.54, 1.807) is 5.67 Å². The summed E-state index contributed by atoms with van der Waals surface area (Å²) in [6, 6.07) is 0. The predicted molar refractivity (Wildman–Crippen MR) is 40.3 cm³/mol. The van der Waals surface area contributed by atoms with Crippen LogP contribution in [-0.4, -0.2) is 23.3 Å². The van der Waals surface area contributed by atoms with Crippen molar-refractivity contribution in [3.05, 3.63) is 0 Å². The van der Waals surface area contributed by atoms with Gasteiger partial charge in [-0.15, -0.1) is 0 Å². The van der Waals surface area contributed by atoms with Crippen molar-refractivity contribution in [3.63, 3.8) is 0 Å². The van der Waals surface area contributed by atoms with Crippen molar-refractivity contribution in [1.82, 2.24) is 0 Å². The van der Waals surface area contributed by atoms with Gasteiger partial charge in [-0.25, -0.2) is 4.58 Å². The highest BCUT2D eigenvalue weighted by Crippen LogP contribution is 2.12. The number of hydrogen-bond donors (Lipinski definition) is 0. The average Bonchev–Trinajstić information content (AvgIpc) is 1.90. The normalized spacial score (nSPS) is 28.2. The van der Waals surface area contributed by atoms with Crippen LogP contribution in [-0.2, 0) is 0 Å². The third-order valence-electron chi connectivity index (χ3n) is 1.96. The number of hydrogen-bond acceptors (Lipinski definition) is 0. The second-order valence-corrected chi connectivity index (χ2v) is 3.01. The molecule has 0 amide bonds. The molecule has 0 radical (unpaired) electrons. The summed E-state index contributed by atoms with van der Waals surface area (Å²) < 4.78 is 2.17. The predicted octanol–water partition coefficient (Wildman–Crippen LogP) is 1.70. The van der Waals surface area contributed by atoms with Crippen LogP contribution in [0.4, 0.5) is 0 Å². The Balaban J connectivity index is 2.35. The molecule has 0 spiro atoms. The average molecular weight is 147 g/mol. The summed E-state index contributed by atoms with van der Waals surface area (Å²) in [6.45, 7) is 4.58. The van der Waals surface area contributed by atoms with E-state index in [-0.39, 0.29) is 0 Å². The highest BCUT2D eigenvalue weighted by Gasteiger charge is 2.15. The van der Waals surface area contributed by atoms with Gasteiger partial charge in [0.2, 0.25) is 5.67 Å². The van der Waals surface area contributed by atoms with Gasteiger partial charge >= 0.3 is 0 Å². The molecule has 0 saturated carbocycles. The summed E-state index contributed by atoms with van der Waals surface area (Å²) in [5.74, 6) is 0.901. The molecular formula is C7H13ClN+. The lowest BCUT2D eigenvalue weighted by Gasteiger charge is -2.14. The van der Waals surface area contributed by atoms with Crippen molar-refractivity contribution in [3.8, 4) is 0 Å². The molecule has 9 heavy (non-hydrogen) atoms. The molecule has 1 nitrogen and oxygen atoms in total. The van der Waals surface area contributed by atoms with Crippen molar-refractivity contribution in [2.75, 3.05) is 13.1 Å². The first kappa shape index (κ1) is 7.07. The molecule has 2 heteroatoms. The van der Waals surface area contributed by atoms with E-state index < -0.39 is 0 Å². The van der Waals surface area contributed by atoms with Crippen molar-refractivity contribution in [1.29, 1.82) is 0 Å².